The molecular weight excluding hydrogens is 252 g/mol. The number of aryl methyl sites for hydroxylation is 2. The number of hydrogen-bond acceptors (Lipinski definition) is 1. The first-order valence-electron chi connectivity index (χ1n) is 7.09. The molecule has 1 aliphatic heterocycles. The molecule has 1 N–H and O–H groups in total. The molecule has 0 spiro atoms. The summed E-state index contributed by atoms with van der Waals surface area (Å²) in [4.78, 5) is 2.31. The fraction of sp³-hybridized carbons (Fsp3) is 0.562. The molecule has 0 aromatic heterocycles. The lowest BCUT2D eigenvalue weighted by Gasteiger charge is -2.36. The molecule has 0 bridgehead atoms. The van der Waals surface area contributed by atoms with Gasteiger partial charge in [-0.1, -0.05) is 19.9 Å². The lowest BCUT2D eigenvalue weighted by atomic mass is 9.92. The fourth-order valence-corrected chi connectivity index (χ4v) is 3.12. The Bertz CT molecular complexity index is 460. The summed E-state index contributed by atoms with van der Waals surface area (Å²) in [6.07, 6.45) is 1.31. The lowest BCUT2D eigenvalue weighted by molar-refractivity contribution is 0.216. The summed E-state index contributed by atoms with van der Waals surface area (Å²) in [7, 11) is 0. The summed E-state index contributed by atoms with van der Waals surface area (Å²) >= 11 is 5.55. The van der Waals surface area contributed by atoms with Gasteiger partial charge in [-0.3, -0.25) is 0 Å². The molecule has 0 unspecified atom stereocenters. The van der Waals surface area contributed by atoms with Crippen molar-refractivity contribution in [3.8, 4) is 0 Å². The molecule has 1 fully saturated rings. The predicted molar refractivity (Wildman–Crippen MR) is 86.7 cm³/mol. The molecule has 0 saturated carbocycles. The molecule has 2 atom stereocenters. The summed E-state index contributed by atoms with van der Waals surface area (Å²) in [5.74, 6) is 1.45. The predicted octanol–water partition coefficient (Wildman–Crippen LogP) is 3.98. The standard InChI is InChI=1S/C16H24N2S/c1-11-7-12(2)10-18(9-11)16(19)17-15-6-5-13(3)14(4)8-15/h5-6,8,11-12H,7,9-10H2,1-4H3,(H,17,19)/t11-,12-/m0/s1. The number of thiocarbonyl (C=S) groups is 1. The third-order valence-electron chi connectivity index (χ3n) is 3.91. The normalized spacial score (nSPS) is 23.3. The zero-order valence-corrected chi connectivity index (χ0v) is 13.2. The first kappa shape index (κ1) is 14.3. The monoisotopic (exact) mass is 276 g/mol. The largest absolute Gasteiger partial charge is 0.348 e. The lowest BCUT2D eigenvalue weighted by Crippen LogP contribution is -2.44. The number of benzene rings is 1. The van der Waals surface area contributed by atoms with Crippen molar-refractivity contribution in [2.75, 3.05) is 18.4 Å². The van der Waals surface area contributed by atoms with Gasteiger partial charge in [-0.15, -0.1) is 0 Å². The Morgan fingerprint density at radius 2 is 1.79 bits per heavy atom. The number of hydrogen-bond donors (Lipinski definition) is 1. The maximum atomic E-state index is 5.55. The first-order valence-corrected chi connectivity index (χ1v) is 7.49. The molecule has 19 heavy (non-hydrogen) atoms. The molecule has 1 aromatic rings. The van der Waals surface area contributed by atoms with E-state index in [4.69, 9.17) is 12.2 Å². The molecule has 1 saturated heterocycles. The highest BCUT2D eigenvalue weighted by Crippen LogP contribution is 2.22. The minimum Gasteiger partial charge on any atom is -0.348 e. The third-order valence-corrected chi connectivity index (χ3v) is 4.27. The Morgan fingerprint density at radius 1 is 1.16 bits per heavy atom. The number of nitrogens with zero attached hydrogens (tertiary/aromatic N) is 1. The SMILES string of the molecule is Cc1ccc(NC(=S)N2C[C@@H](C)C[C@H](C)C2)cc1C. The van der Waals surface area contributed by atoms with Crippen molar-refractivity contribution in [2.24, 2.45) is 11.8 Å². The quantitative estimate of drug-likeness (QED) is 0.781. The second-order valence-corrected chi connectivity index (χ2v) is 6.47. The van der Waals surface area contributed by atoms with Crippen LogP contribution in [0.1, 0.15) is 31.4 Å². The van der Waals surface area contributed by atoms with Gasteiger partial charge in [0.25, 0.3) is 0 Å². The second kappa shape index (κ2) is 5.91. The molecule has 0 radical (unpaired) electrons. The van der Waals surface area contributed by atoms with Gasteiger partial charge in [0.05, 0.1) is 0 Å². The van der Waals surface area contributed by atoms with E-state index >= 15 is 0 Å². The van der Waals surface area contributed by atoms with Crippen LogP contribution in [-0.4, -0.2) is 23.1 Å². The van der Waals surface area contributed by atoms with Crippen LogP contribution in [0.2, 0.25) is 0 Å². The van der Waals surface area contributed by atoms with Gasteiger partial charge < -0.3 is 10.2 Å². The number of piperidine rings is 1. The van der Waals surface area contributed by atoms with Crippen molar-refractivity contribution in [2.45, 2.75) is 34.1 Å². The van der Waals surface area contributed by atoms with Crippen LogP contribution >= 0.6 is 12.2 Å². The van der Waals surface area contributed by atoms with Crippen molar-refractivity contribution in [1.82, 2.24) is 4.90 Å². The topological polar surface area (TPSA) is 15.3 Å². The molecular formula is C16H24N2S. The van der Waals surface area contributed by atoms with E-state index in [-0.39, 0.29) is 0 Å². The molecule has 0 aliphatic carbocycles. The van der Waals surface area contributed by atoms with E-state index in [2.05, 4.69) is 56.1 Å². The molecule has 2 nitrogen and oxygen atoms in total. The van der Waals surface area contributed by atoms with E-state index < -0.39 is 0 Å². The third kappa shape index (κ3) is 3.69. The van der Waals surface area contributed by atoms with E-state index in [1.807, 2.05) is 0 Å². The van der Waals surface area contributed by atoms with Gasteiger partial charge in [0, 0.05) is 18.8 Å². The highest BCUT2D eigenvalue weighted by atomic mass is 32.1. The molecule has 0 amide bonds. The molecule has 1 aliphatic rings. The fourth-order valence-electron chi connectivity index (χ4n) is 2.85. The van der Waals surface area contributed by atoms with Crippen LogP contribution in [0, 0.1) is 25.7 Å². The van der Waals surface area contributed by atoms with Crippen molar-refractivity contribution in [1.29, 1.82) is 0 Å². The van der Waals surface area contributed by atoms with E-state index in [0.717, 1.165) is 35.7 Å². The highest BCUT2D eigenvalue weighted by Gasteiger charge is 2.23. The molecule has 1 aromatic carbocycles. The molecule has 2 rings (SSSR count). The number of anilines is 1. The van der Waals surface area contributed by atoms with Crippen molar-refractivity contribution in [3.05, 3.63) is 29.3 Å². The van der Waals surface area contributed by atoms with Gasteiger partial charge in [-0.25, -0.2) is 0 Å². The van der Waals surface area contributed by atoms with Crippen LogP contribution in [0.3, 0.4) is 0 Å². The molecule has 1 heterocycles. The van der Waals surface area contributed by atoms with Crippen molar-refractivity contribution in [3.63, 3.8) is 0 Å². The number of likely N-dealkylation sites (tertiary alicyclic amines) is 1. The van der Waals surface area contributed by atoms with Gasteiger partial charge in [-0.05, 0) is 67.6 Å². The van der Waals surface area contributed by atoms with Crippen LogP contribution < -0.4 is 5.32 Å². The van der Waals surface area contributed by atoms with E-state index in [1.54, 1.807) is 0 Å². The van der Waals surface area contributed by atoms with Crippen LogP contribution in [0.15, 0.2) is 18.2 Å². The number of rotatable bonds is 1. The Labute approximate surface area is 122 Å². The Hall–Kier alpha value is -1.09. The first-order chi connectivity index (χ1) is 8.95. The van der Waals surface area contributed by atoms with Gasteiger partial charge in [-0.2, -0.15) is 0 Å². The second-order valence-electron chi connectivity index (χ2n) is 6.08. The van der Waals surface area contributed by atoms with Crippen LogP contribution in [0.4, 0.5) is 5.69 Å². The van der Waals surface area contributed by atoms with Gasteiger partial charge >= 0.3 is 0 Å². The van der Waals surface area contributed by atoms with Gasteiger partial charge in [0.1, 0.15) is 0 Å². The summed E-state index contributed by atoms with van der Waals surface area (Å²) in [6, 6.07) is 6.41. The van der Waals surface area contributed by atoms with E-state index in [1.165, 1.54) is 17.5 Å². The Balaban J connectivity index is 2.02. The molecule has 104 valence electrons. The zero-order chi connectivity index (χ0) is 14.0. The Morgan fingerprint density at radius 3 is 2.37 bits per heavy atom. The van der Waals surface area contributed by atoms with Crippen molar-refractivity contribution < 1.29 is 0 Å². The minimum absolute atomic E-state index is 0.725. The number of nitrogens with one attached hydrogen (secondary N) is 1. The van der Waals surface area contributed by atoms with Crippen LogP contribution in [0.5, 0.6) is 0 Å². The van der Waals surface area contributed by atoms with Crippen molar-refractivity contribution >= 4 is 23.0 Å². The molecule has 3 heteroatoms. The Kier molecular flexibility index (Phi) is 4.46. The maximum Gasteiger partial charge on any atom is 0.173 e. The summed E-state index contributed by atoms with van der Waals surface area (Å²) < 4.78 is 0. The van der Waals surface area contributed by atoms with E-state index in [9.17, 15) is 0 Å². The zero-order valence-electron chi connectivity index (χ0n) is 12.4. The van der Waals surface area contributed by atoms with Gasteiger partial charge in [0.15, 0.2) is 5.11 Å². The maximum absolute atomic E-state index is 5.55. The average molecular weight is 276 g/mol. The average Bonchev–Trinajstić information content (AvgIpc) is 2.32. The minimum atomic E-state index is 0.725. The smallest absolute Gasteiger partial charge is 0.173 e. The van der Waals surface area contributed by atoms with E-state index in [0.29, 0.717) is 0 Å². The van der Waals surface area contributed by atoms with Crippen LogP contribution in [0.25, 0.3) is 0 Å². The summed E-state index contributed by atoms with van der Waals surface area (Å²) in [5.41, 5.74) is 3.71. The van der Waals surface area contributed by atoms with Crippen LogP contribution in [-0.2, 0) is 0 Å². The highest BCUT2D eigenvalue weighted by molar-refractivity contribution is 7.80. The van der Waals surface area contributed by atoms with Gasteiger partial charge in [0.2, 0.25) is 0 Å². The summed E-state index contributed by atoms with van der Waals surface area (Å²) in [5, 5.41) is 4.24. The summed E-state index contributed by atoms with van der Waals surface area (Å²) in [6.45, 7) is 11.0.